The number of benzene rings is 1. The van der Waals surface area contributed by atoms with Crippen molar-refractivity contribution in [2.45, 2.75) is 33.8 Å². The number of nitrogens with zero attached hydrogens (tertiary/aromatic N) is 3. The largest absolute Gasteiger partial charge is 0.482 e. The van der Waals surface area contributed by atoms with Crippen LogP contribution in [0.5, 0.6) is 5.75 Å². The van der Waals surface area contributed by atoms with Crippen LogP contribution in [0.15, 0.2) is 23.6 Å². The molecule has 0 spiro atoms. The first-order valence-corrected chi connectivity index (χ1v) is 11.9. The smallest absolute Gasteiger partial charge is 0.350 e. The number of hydrogen-bond acceptors (Lipinski definition) is 9. The second kappa shape index (κ2) is 9.28. The van der Waals surface area contributed by atoms with E-state index in [4.69, 9.17) is 9.47 Å². The van der Waals surface area contributed by atoms with Crippen molar-refractivity contribution in [3.05, 3.63) is 39.2 Å². The second-order valence-corrected chi connectivity index (χ2v) is 9.70. The number of amides is 2. The minimum absolute atomic E-state index is 0.156. The average molecular weight is 487 g/mol. The van der Waals surface area contributed by atoms with Gasteiger partial charge in [-0.05, 0) is 45.9 Å². The van der Waals surface area contributed by atoms with Gasteiger partial charge in [0.05, 0.1) is 28.2 Å². The number of ether oxygens (including phenoxy) is 2. The summed E-state index contributed by atoms with van der Waals surface area (Å²) in [6.45, 7) is 6.73. The molecule has 1 aromatic carbocycles. The molecule has 0 unspecified atom stereocenters. The van der Waals surface area contributed by atoms with E-state index in [1.165, 1.54) is 16.2 Å². The van der Waals surface area contributed by atoms with E-state index in [-0.39, 0.29) is 30.3 Å². The minimum Gasteiger partial charge on any atom is -0.482 e. The summed E-state index contributed by atoms with van der Waals surface area (Å²) in [7, 11) is 0. The number of hydrogen-bond donors (Lipinski definition) is 1. The molecule has 0 saturated carbocycles. The van der Waals surface area contributed by atoms with Crippen molar-refractivity contribution < 1.29 is 23.9 Å². The van der Waals surface area contributed by atoms with Crippen molar-refractivity contribution in [2.24, 2.45) is 0 Å². The van der Waals surface area contributed by atoms with Crippen LogP contribution in [0.4, 0.5) is 10.8 Å². The first-order chi connectivity index (χ1) is 15.7. The maximum atomic E-state index is 12.8. The van der Waals surface area contributed by atoms with E-state index in [1.54, 1.807) is 32.9 Å². The van der Waals surface area contributed by atoms with E-state index in [9.17, 15) is 14.4 Å². The number of fused-ring (bicyclic) bond motifs is 1. The zero-order chi connectivity index (χ0) is 23.7. The zero-order valence-corrected chi connectivity index (χ0v) is 20.1. The highest BCUT2D eigenvalue weighted by molar-refractivity contribution is 7.17. The molecule has 1 aliphatic heterocycles. The number of carbonyl (C=O) groups excluding carboxylic acids is 3. The average Bonchev–Trinajstić information content (AvgIpc) is 3.34. The maximum absolute atomic E-state index is 12.8. The number of carbonyl (C=O) groups is 3. The molecule has 0 fully saturated rings. The van der Waals surface area contributed by atoms with Crippen LogP contribution in [0, 0.1) is 13.8 Å². The monoisotopic (exact) mass is 486 g/mol. The highest BCUT2D eigenvalue weighted by atomic mass is 32.1. The first kappa shape index (κ1) is 22.9. The number of aromatic nitrogens is 2. The first-order valence-electron chi connectivity index (χ1n) is 10.2. The van der Waals surface area contributed by atoms with E-state index in [2.05, 4.69) is 15.3 Å². The third kappa shape index (κ3) is 5.04. The van der Waals surface area contributed by atoms with Crippen molar-refractivity contribution in [1.82, 2.24) is 9.97 Å². The number of anilines is 2. The second-order valence-electron chi connectivity index (χ2n) is 7.64. The fraction of sp³-hybridized carbons (Fsp3) is 0.318. The fourth-order valence-corrected chi connectivity index (χ4v) is 4.73. The van der Waals surface area contributed by atoms with Gasteiger partial charge in [-0.3, -0.25) is 14.5 Å². The summed E-state index contributed by atoms with van der Waals surface area (Å²) in [6, 6.07) is 5.44. The van der Waals surface area contributed by atoms with Crippen LogP contribution in [-0.4, -0.2) is 47.0 Å². The molecule has 9 nitrogen and oxygen atoms in total. The Kier molecular flexibility index (Phi) is 6.43. The fourth-order valence-electron chi connectivity index (χ4n) is 3.24. The lowest BCUT2D eigenvalue weighted by Crippen LogP contribution is -2.43. The Morgan fingerprint density at radius 3 is 2.76 bits per heavy atom. The van der Waals surface area contributed by atoms with Gasteiger partial charge in [0.2, 0.25) is 5.91 Å². The molecule has 2 aromatic heterocycles. The van der Waals surface area contributed by atoms with Gasteiger partial charge in [0.15, 0.2) is 11.7 Å². The van der Waals surface area contributed by atoms with E-state index in [1.807, 2.05) is 18.4 Å². The summed E-state index contributed by atoms with van der Waals surface area (Å²) < 4.78 is 10.7. The Morgan fingerprint density at radius 1 is 1.27 bits per heavy atom. The number of thiazole rings is 2. The maximum Gasteiger partial charge on any atom is 0.350 e. The Balaban J connectivity index is 1.52. The standard InChI is InChI=1S/C22H22N4O5S2/c1-11(2)31-21(29)20-12(3)23-22(33-20)25-18(27)8-26-16-7-14(15-10-32-13(4)24-15)5-6-17(16)30-9-19(26)28/h5-7,10-11H,8-9H2,1-4H3,(H,23,25,27). The molecule has 3 heterocycles. The van der Waals surface area contributed by atoms with Gasteiger partial charge in [-0.1, -0.05) is 11.3 Å². The molecule has 0 atom stereocenters. The molecule has 2 amide bonds. The summed E-state index contributed by atoms with van der Waals surface area (Å²) in [5.74, 6) is -0.742. The Labute approximate surface area is 198 Å². The van der Waals surface area contributed by atoms with Crippen LogP contribution in [-0.2, 0) is 14.3 Å². The van der Waals surface area contributed by atoms with Gasteiger partial charge in [0, 0.05) is 10.9 Å². The van der Waals surface area contributed by atoms with Crippen molar-refractivity contribution in [1.29, 1.82) is 0 Å². The summed E-state index contributed by atoms with van der Waals surface area (Å²) in [6.07, 6.45) is -0.262. The van der Waals surface area contributed by atoms with Gasteiger partial charge in [-0.15, -0.1) is 11.3 Å². The summed E-state index contributed by atoms with van der Waals surface area (Å²) >= 11 is 2.57. The Hall–Kier alpha value is -3.31. The molecule has 3 aromatic rings. The quantitative estimate of drug-likeness (QED) is 0.528. The van der Waals surface area contributed by atoms with E-state index < -0.39 is 11.9 Å². The van der Waals surface area contributed by atoms with E-state index in [0.29, 0.717) is 22.0 Å². The van der Waals surface area contributed by atoms with Crippen molar-refractivity contribution in [2.75, 3.05) is 23.4 Å². The van der Waals surface area contributed by atoms with E-state index >= 15 is 0 Å². The molecule has 0 saturated heterocycles. The molecule has 0 radical (unpaired) electrons. The Bertz CT molecular complexity index is 1230. The topological polar surface area (TPSA) is 111 Å². The highest BCUT2D eigenvalue weighted by Crippen LogP contribution is 2.36. The molecular weight excluding hydrogens is 464 g/mol. The lowest BCUT2D eigenvalue weighted by Gasteiger charge is -2.29. The zero-order valence-electron chi connectivity index (χ0n) is 18.5. The minimum atomic E-state index is -0.484. The van der Waals surface area contributed by atoms with Gasteiger partial charge >= 0.3 is 5.97 Å². The third-order valence-corrected chi connectivity index (χ3v) is 6.52. The molecule has 172 valence electrons. The molecular formula is C22H22N4O5S2. The predicted octanol–water partition coefficient (Wildman–Crippen LogP) is 3.81. The molecule has 1 N–H and O–H groups in total. The van der Waals surface area contributed by atoms with Crippen LogP contribution in [0.25, 0.3) is 11.3 Å². The van der Waals surface area contributed by atoms with Crippen LogP contribution >= 0.6 is 22.7 Å². The molecule has 33 heavy (non-hydrogen) atoms. The van der Waals surface area contributed by atoms with Gasteiger partial charge in [0.25, 0.3) is 5.91 Å². The number of aryl methyl sites for hydroxylation is 2. The molecule has 4 rings (SSSR count). The predicted molar refractivity (Wildman–Crippen MR) is 126 cm³/mol. The van der Waals surface area contributed by atoms with Gasteiger partial charge in [-0.2, -0.15) is 0 Å². The molecule has 11 heteroatoms. The van der Waals surface area contributed by atoms with Crippen molar-refractivity contribution in [3.8, 4) is 17.0 Å². The molecule has 0 bridgehead atoms. The van der Waals surface area contributed by atoms with E-state index in [0.717, 1.165) is 27.6 Å². The summed E-state index contributed by atoms with van der Waals surface area (Å²) in [4.78, 5) is 48.0. The van der Waals surface area contributed by atoms with Crippen LogP contribution < -0.4 is 15.0 Å². The Morgan fingerprint density at radius 2 is 2.06 bits per heavy atom. The highest BCUT2D eigenvalue weighted by Gasteiger charge is 2.28. The number of rotatable bonds is 6. The number of esters is 1. The van der Waals surface area contributed by atoms with Gasteiger partial charge in [0.1, 0.15) is 17.2 Å². The summed E-state index contributed by atoms with van der Waals surface area (Å²) in [5.41, 5.74) is 2.59. The lowest BCUT2D eigenvalue weighted by molar-refractivity contribution is -0.123. The SMILES string of the molecule is Cc1nc(-c2ccc3c(c2)N(CC(=O)Nc2nc(C)c(C(=O)OC(C)C)s2)C(=O)CO3)cs1. The molecule has 0 aliphatic carbocycles. The number of nitrogens with one attached hydrogen (secondary N) is 1. The van der Waals surface area contributed by atoms with Crippen molar-refractivity contribution in [3.63, 3.8) is 0 Å². The lowest BCUT2D eigenvalue weighted by atomic mass is 10.1. The third-order valence-electron chi connectivity index (χ3n) is 4.69. The van der Waals surface area contributed by atoms with Gasteiger partial charge in [-0.25, -0.2) is 14.8 Å². The van der Waals surface area contributed by atoms with Crippen LogP contribution in [0.2, 0.25) is 0 Å². The van der Waals surface area contributed by atoms with Crippen LogP contribution in [0.3, 0.4) is 0 Å². The molecule has 1 aliphatic rings. The van der Waals surface area contributed by atoms with Gasteiger partial charge < -0.3 is 14.8 Å². The normalized spacial score (nSPS) is 13.0. The van der Waals surface area contributed by atoms with Crippen molar-refractivity contribution >= 4 is 51.3 Å². The summed E-state index contributed by atoms with van der Waals surface area (Å²) in [5, 5.41) is 5.81. The van der Waals surface area contributed by atoms with Crippen LogP contribution in [0.1, 0.15) is 34.2 Å².